The second-order valence-corrected chi connectivity index (χ2v) is 4.28. The van der Waals surface area contributed by atoms with Crippen molar-refractivity contribution in [2.24, 2.45) is 0 Å². The maximum Gasteiger partial charge on any atom is 0.257 e. The molecular formula is C12H13N3O2. The van der Waals surface area contributed by atoms with Gasteiger partial charge in [-0.2, -0.15) is 5.26 Å². The average molecular weight is 231 g/mol. The molecule has 1 fully saturated rings. The fraction of sp³-hybridized carbons (Fsp3) is 0.417. The summed E-state index contributed by atoms with van der Waals surface area (Å²) in [5.41, 5.74) is -1.08. The van der Waals surface area contributed by atoms with Crippen LogP contribution < -0.4 is 10.7 Å². The number of nitriles is 1. The first-order valence-electron chi connectivity index (χ1n) is 5.58. The molecule has 5 heteroatoms. The number of nitrogens with one attached hydrogen (secondary N) is 2. The summed E-state index contributed by atoms with van der Waals surface area (Å²) in [6.45, 7) is 0. The summed E-state index contributed by atoms with van der Waals surface area (Å²) >= 11 is 0. The quantitative estimate of drug-likeness (QED) is 0.794. The third kappa shape index (κ3) is 2.21. The standard InChI is InChI=1S/C12H13N3O2/c13-8-12(4-1-2-5-12)15-11(17)9-7-14-6-3-10(9)16/h3,6-7H,1-2,4-5H2,(H,14,16)(H,15,17). The molecule has 0 atom stereocenters. The summed E-state index contributed by atoms with van der Waals surface area (Å²) in [5.74, 6) is -0.477. The van der Waals surface area contributed by atoms with Crippen LogP contribution in [0.25, 0.3) is 0 Å². The van der Waals surface area contributed by atoms with Gasteiger partial charge in [0.1, 0.15) is 11.1 Å². The minimum atomic E-state index is -0.792. The van der Waals surface area contributed by atoms with Crippen LogP contribution in [0.2, 0.25) is 0 Å². The Morgan fingerprint density at radius 2 is 2.18 bits per heavy atom. The molecule has 0 saturated heterocycles. The van der Waals surface area contributed by atoms with Gasteiger partial charge in [0.25, 0.3) is 5.91 Å². The highest BCUT2D eigenvalue weighted by Crippen LogP contribution is 2.28. The molecule has 0 aromatic carbocycles. The highest BCUT2D eigenvalue weighted by molar-refractivity contribution is 5.94. The van der Waals surface area contributed by atoms with E-state index in [-0.39, 0.29) is 11.0 Å². The first-order valence-corrected chi connectivity index (χ1v) is 5.58. The predicted octanol–water partition coefficient (Wildman–Crippen LogP) is 0.941. The molecule has 1 saturated carbocycles. The van der Waals surface area contributed by atoms with Crippen LogP contribution in [-0.2, 0) is 0 Å². The van der Waals surface area contributed by atoms with Crippen molar-refractivity contribution < 1.29 is 4.79 Å². The Bertz CT molecular complexity index is 521. The zero-order chi connectivity index (χ0) is 12.3. The molecule has 1 heterocycles. The summed E-state index contributed by atoms with van der Waals surface area (Å²) in [6.07, 6.45) is 5.99. The maximum atomic E-state index is 11.9. The number of hydrogen-bond donors (Lipinski definition) is 2. The lowest BCUT2D eigenvalue weighted by atomic mass is 9.99. The third-order valence-corrected chi connectivity index (χ3v) is 3.09. The number of H-pyrrole nitrogens is 1. The molecule has 0 unspecified atom stereocenters. The van der Waals surface area contributed by atoms with Crippen molar-refractivity contribution in [2.75, 3.05) is 0 Å². The molecule has 2 rings (SSSR count). The Kier molecular flexibility index (Phi) is 2.96. The topological polar surface area (TPSA) is 85.8 Å². The second kappa shape index (κ2) is 4.42. The van der Waals surface area contributed by atoms with E-state index < -0.39 is 11.4 Å². The predicted molar refractivity (Wildman–Crippen MR) is 61.3 cm³/mol. The molecule has 88 valence electrons. The van der Waals surface area contributed by atoms with Crippen molar-refractivity contribution in [3.05, 3.63) is 34.2 Å². The van der Waals surface area contributed by atoms with Gasteiger partial charge in [-0.3, -0.25) is 9.59 Å². The van der Waals surface area contributed by atoms with Gasteiger partial charge in [-0.25, -0.2) is 0 Å². The fourth-order valence-electron chi connectivity index (χ4n) is 2.12. The molecule has 1 aliphatic rings. The number of amides is 1. The number of carbonyl (C=O) groups excluding carboxylic acids is 1. The van der Waals surface area contributed by atoms with Gasteiger partial charge in [-0.05, 0) is 25.7 Å². The van der Waals surface area contributed by atoms with Gasteiger partial charge >= 0.3 is 0 Å². The maximum absolute atomic E-state index is 11.9. The van der Waals surface area contributed by atoms with Gasteiger partial charge in [-0.1, -0.05) is 0 Å². The van der Waals surface area contributed by atoms with Crippen LogP contribution in [-0.4, -0.2) is 16.4 Å². The highest BCUT2D eigenvalue weighted by Gasteiger charge is 2.35. The Morgan fingerprint density at radius 1 is 1.47 bits per heavy atom. The van der Waals surface area contributed by atoms with Crippen LogP contribution >= 0.6 is 0 Å². The zero-order valence-electron chi connectivity index (χ0n) is 9.32. The first kappa shape index (κ1) is 11.4. The van der Waals surface area contributed by atoms with E-state index in [4.69, 9.17) is 5.26 Å². The molecular weight excluding hydrogens is 218 g/mol. The molecule has 1 amide bonds. The largest absolute Gasteiger partial charge is 0.367 e. The first-order chi connectivity index (χ1) is 8.17. The molecule has 1 aromatic rings. The molecule has 5 nitrogen and oxygen atoms in total. The molecule has 0 spiro atoms. The van der Waals surface area contributed by atoms with Crippen LogP contribution in [0.3, 0.4) is 0 Å². The lowest BCUT2D eigenvalue weighted by Gasteiger charge is -2.21. The van der Waals surface area contributed by atoms with E-state index in [0.717, 1.165) is 12.8 Å². The molecule has 0 radical (unpaired) electrons. The van der Waals surface area contributed by atoms with Gasteiger partial charge in [0.2, 0.25) is 0 Å². The number of nitrogens with zero attached hydrogens (tertiary/aromatic N) is 1. The van der Waals surface area contributed by atoms with Crippen molar-refractivity contribution in [1.82, 2.24) is 10.3 Å². The number of pyridine rings is 1. The lowest BCUT2D eigenvalue weighted by Crippen LogP contribution is -2.46. The normalized spacial score (nSPS) is 17.4. The van der Waals surface area contributed by atoms with E-state index in [9.17, 15) is 9.59 Å². The minimum absolute atomic E-state index is 0.0500. The molecule has 1 aliphatic carbocycles. The molecule has 1 aromatic heterocycles. The lowest BCUT2D eigenvalue weighted by molar-refractivity contribution is 0.0919. The molecule has 0 bridgehead atoms. The summed E-state index contributed by atoms with van der Waals surface area (Å²) in [7, 11) is 0. The second-order valence-electron chi connectivity index (χ2n) is 4.28. The summed E-state index contributed by atoms with van der Waals surface area (Å²) < 4.78 is 0. The number of hydrogen-bond acceptors (Lipinski definition) is 3. The third-order valence-electron chi connectivity index (χ3n) is 3.09. The summed E-state index contributed by atoms with van der Waals surface area (Å²) in [6, 6.07) is 3.45. The Morgan fingerprint density at radius 3 is 2.76 bits per heavy atom. The van der Waals surface area contributed by atoms with Crippen LogP contribution in [0, 0.1) is 11.3 Å². The van der Waals surface area contributed by atoms with Gasteiger partial charge in [0.05, 0.1) is 6.07 Å². The highest BCUT2D eigenvalue weighted by atomic mass is 16.2. The SMILES string of the molecule is N#CC1(NC(=O)c2c[nH]ccc2=O)CCCC1. The Labute approximate surface area is 98.5 Å². The monoisotopic (exact) mass is 231 g/mol. The van der Waals surface area contributed by atoms with E-state index in [1.54, 1.807) is 0 Å². The van der Waals surface area contributed by atoms with Crippen LogP contribution in [0.15, 0.2) is 23.3 Å². The van der Waals surface area contributed by atoms with E-state index in [1.165, 1.54) is 18.5 Å². The van der Waals surface area contributed by atoms with Gasteiger partial charge in [-0.15, -0.1) is 0 Å². The molecule has 2 N–H and O–H groups in total. The number of rotatable bonds is 2. The molecule has 17 heavy (non-hydrogen) atoms. The summed E-state index contributed by atoms with van der Waals surface area (Å²) in [4.78, 5) is 26.1. The Balaban J connectivity index is 2.20. The summed E-state index contributed by atoms with van der Waals surface area (Å²) in [5, 5.41) is 11.8. The average Bonchev–Trinajstić information content (AvgIpc) is 2.79. The van der Waals surface area contributed by atoms with E-state index in [0.29, 0.717) is 12.8 Å². The number of aromatic amines is 1. The van der Waals surface area contributed by atoms with Crippen molar-refractivity contribution >= 4 is 5.91 Å². The fourth-order valence-corrected chi connectivity index (χ4v) is 2.12. The van der Waals surface area contributed by atoms with Crippen LogP contribution in [0.4, 0.5) is 0 Å². The number of carbonyl (C=O) groups is 1. The van der Waals surface area contributed by atoms with Gasteiger partial charge in [0.15, 0.2) is 5.43 Å². The van der Waals surface area contributed by atoms with Crippen molar-refractivity contribution in [3.63, 3.8) is 0 Å². The van der Waals surface area contributed by atoms with Gasteiger partial charge in [0, 0.05) is 18.5 Å². The smallest absolute Gasteiger partial charge is 0.257 e. The van der Waals surface area contributed by atoms with Crippen LogP contribution in [0.1, 0.15) is 36.0 Å². The van der Waals surface area contributed by atoms with Gasteiger partial charge < -0.3 is 10.3 Å². The molecule has 0 aliphatic heterocycles. The minimum Gasteiger partial charge on any atom is -0.367 e. The zero-order valence-corrected chi connectivity index (χ0v) is 9.32. The van der Waals surface area contributed by atoms with Crippen molar-refractivity contribution in [1.29, 1.82) is 5.26 Å². The number of aromatic nitrogens is 1. The van der Waals surface area contributed by atoms with E-state index >= 15 is 0 Å². The van der Waals surface area contributed by atoms with E-state index in [2.05, 4.69) is 16.4 Å². The van der Waals surface area contributed by atoms with Crippen molar-refractivity contribution in [3.8, 4) is 6.07 Å². The van der Waals surface area contributed by atoms with E-state index in [1.807, 2.05) is 0 Å². The van der Waals surface area contributed by atoms with Crippen LogP contribution in [0.5, 0.6) is 0 Å². The Hall–Kier alpha value is -2.09. The van der Waals surface area contributed by atoms with Crippen molar-refractivity contribution in [2.45, 2.75) is 31.2 Å².